The number of imidazole rings is 1. The molecular formula is C26H31N3O3. The monoisotopic (exact) mass is 433 g/mol. The van der Waals surface area contributed by atoms with Crippen molar-refractivity contribution < 1.29 is 14.3 Å². The number of para-hydroxylation sites is 2. The predicted molar refractivity (Wildman–Crippen MR) is 124 cm³/mol. The van der Waals surface area contributed by atoms with Crippen molar-refractivity contribution >= 4 is 22.9 Å². The molecule has 1 aromatic heterocycles. The van der Waals surface area contributed by atoms with Crippen LogP contribution in [0.5, 0.6) is 0 Å². The third-order valence-corrected chi connectivity index (χ3v) is 6.61. The van der Waals surface area contributed by atoms with Crippen molar-refractivity contribution in [3.63, 3.8) is 0 Å². The summed E-state index contributed by atoms with van der Waals surface area (Å²) < 4.78 is 7.48. The molecule has 168 valence electrons. The zero-order chi connectivity index (χ0) is 22.4. The van der Waals surface area contributed by atoms with Gasteiger partial charge < -0.3 is 14.2 Å². The molecule has 32 heavy (non-hydrogen) atoms. The Hall–Kier alpha value is -3.15. The van der Waals surface area contributed by atoms with Gasteiger partial charge in [0.05, 0.1) is 29.4 Å². The quantitative estimate of drug-likeness (QED) is 0.499. The fourth-order valence-corrected chi connectivity index (χ4v) is 4.62. The van der Waals surface area contributed by atoms with Crippen LogP contribution in [-0.4, -0.2) is 46.0 Å². The van der Waals surface area contributed by atoms with Gasteiger partial charge in [-0.1, -0.05) is 42.5 Å². The highest BCUT2D eigenvalue weighted by atomic mass is 16.5. The van der Waals surface area contributed by atoms with Gasteiger partial charge in [-0.2, -0.15) is 0 Å². The molecule has 6 heteroatoms. The van der Waals surface area contributed by atoms with Crippen molar-refractivity contribution in [3.05, 3.63) is 66.5 Å². The van der Waals surface area contributed by atoms with Crippen LogP contribution >= 0.6 is 0 Å². The van der Waals surface area contributed by atoms with E-state index >= 15 is 0 Å². The zero-order valence-corrected chi connectivity index (χ0v) is 18.7. The molecule has 0 saturated carbocycles. The summed E-state index contributed by atoms with van der Waals surface area (Å²) in [5, 5.41) is 0. The van der Waals surface area contributed by atoms with Gasteiger partial charge >= 0.3 is 5.97 Å². The van der Waals surface area contributed by atoms with Crippen LogP contribution < -0.4 is 0 Å². The third-order valence-electron chi connectivity index (χ3n) is 6.61. The lowest BCUT2D eigenvalue weighted by Gasteiger charge is -2.40. The summed E-state index contributed by atoms with van der Waals surface area (Å²) >= 11 is 0. The molecule has 0 atom stereocenters. The SMILES string of the molecule is CCOC(=O)C1(CCc2ccccc2)CCN(C(=O)CCn2cnc3ccccc32)CC1. The number of fused-ring (bicyclic) bond motifs is 1. The molecule has 0 aliphatic carbocycles. The molecule has 1 aliphatic rings. The van der Waals surface area contributed by atoms with Gasteiger partial charge in [-0.05, 0) is 50.3 Å². The molecule has 0 spiro atoms. The van der Waals surface area contributed by atoms with Gasteiger partial charge in [0.15, 0.2) is 0 Å². The van der Waals surface area contributed by atoms with E-state index in [0.717, 1.165) is 23.9 Å². The molecule has 2 heterocycles. The highest BCUT2D eigenvalue weighted by Crippen LogP contribution is 2.38. The van der Waals surface area contributed by atoms with E-state index in [1.54, 1.807) is 6.33 Å². The number of benzene rings is 2. The minimum Gasteiger partial charge on any atom is -0.466 e. The van der Waals surface area contributed by atoms with Crippen LogP contribution in [0.3, 0.4) is 0 Å². The van der Waals surface area contributed by atoms with E-state index in [-0.39, 0.29) is 11.9 Å². The summed E-state index contributed by atoms with van der Waals surface area (Å²) in [6.07, 6.45) is 5.11. The first-order valence-electron chi connectivity index (χ1n) is 11.5. The van der Waals surface area contributed by atoms with Crippen molar-refractivity contribution in [1.29, 1.82) is 0 Å². The molecule has 0 N–H and O–H groups in total. The third kappa shape index (κ3) is 4.85. The molecule has 1 saturated heterocycles. The van der Waals surface area contributed by atoms with Crippen molar-refractivity contribution in [1.82, 2.24) is 14.5 Å². The number of carbonyl (C=O) groups excluding carboxylic acids is 2. The number of likely N-dealkylation sites (tertiary alicyclic amines) is 1. The highest BCUT2D eigenvalue weighted by Gasteiger charge is 2.43. The lowest BCUT2D eigenvalue weighted by molar-refractivity contribution is -0.161. The maximum atomic E-state index is 12.9. The van der Waals surface area contributed by atoms with Crippen LogP contribution in [0.25, 0.3) is 11.0 Å². The van der Waals surface area contributed by atoms with Crippen molar-refractivity contribution in [3.8, 4) is 0 Å². The predicted octanol–water partition coefficient (Wildman–Crippen LogP) is 4.23. The largest absolute Gasteiger partial charge is 0.466 e. The number of aromatic nitrogens is 2. The Balaban J connectivity index is 1.35. The summed E-state index contributed by atoms with van der Waals surface area (Å²) in [5.74, 6) is 0.0104. The molecule has 0 radical (unpaired) electrons. The van der Waals surface area contributed by atoms with Crippen molar-refractivity contribution in [2.45, 2.75) is 45.6 Å². The van der Waals surface area contributed by atoms with Gasteiger partial charge in [-0.3, -0.25) is 9.59 Å². The average Bonchev–Trinajstić information content (AvgIpc) is 3.25. The van der Waals surface area contributed by atoms with E-state index in [9.17, 15) is 9.59 Å². The Bertz CT molecular complexity index is 1050. The summed E-state index contributed by atoms with van der Waals surface area (Å²) in [5.41, 5.74) is 2.70. The van der Waals surface area contributed by atoms with E-state index < -0.39 is 5.41 Å². The van der Waals surface area contributed by atoms with Gasteiger partial charge in [-0.15, -0.1) is 0 Å². The molecule has 0 unspecified atom stereocenters. The van der Waals surface area contributed by atoms with Gasteiger partial charge in [0.25, 0.3) is 0 Å². The number of rotatable bonds is 8. The number of esters is 1. The second-order valence-corrected chi connectivity index (χ2v) is 8.54. The minimum absolute atomic E-state index is 0.118. The molecule has 4 rings (SSSR count). The van der Waals surface area contributed by atoms with Crippen LogP contribution in [0.4, 0.5) is 0 Å². The molecule has 6 nitrogen and oxygen atoms in total. The van der Waals surface area contributed by atoms with E-state index in [2.05, 4.69) is 17.1 Å². The minimum atomic E-state index is -0.511. The normalized spacial score (nSPS) is 15.6. The number of hydrogen-bond donors (Lipinski definition) is 0. The lowest BCUT2D eigenvalue weighted by Crippen LogP contribution is -2.47. The van der Waals surface area contributed by atoms with Gasteiger partial charge in [0.2, 0.25) is 5.91 Å². The Labute approximate surface area is 189 Å². The molecule has 1 amide bonds. The lowest BCUT2D eigenvalue weighted by atomic mass is 9.74. The maximum absolute atomic E-state index is 12.9. The van der Waals surface area contributed by atoms with Crippen LogP contribution in [0, 0.1) is 5.41 Å². The topological polar surface area (TPSA) is 64.4 Å². The molecule has 1 fully saturated rings. The molecular weight excluding hydrogens is 402 g/mol. The number of amides is 1. The van der Waals surface area contributed by atoms with Crippen LogP contribution in [0.2, 0.25) is 0 Å². The maximum Gasteiger partial charge on any atom is 0.312 e. The molecule has 3 aromatic rings. The van der Waals surface area contributed by atoms with Crippen LogP contribution in [-0.2, 0) is 27.3 Å². The second-order valence-electron chi connectivity index (χ2n) is 8.54. The van der Waals surface area contributed by atoms with E-state index in [4.69, 9.17) is 4.74 Å². The zero-order valence-electron chi connectivity index (χ0n) is 18.7. The summed E-state index contributed by atoms with van der Waals surface area (Å²) in [6.45, 7) is 4.02. The highest BCUT2D eigenvalue weighted by molar-refractivity contribution is 5.80. The first-order valence-corrected chi connectivity index (χ1v) is 11.5. The fraction of sp³-hybridized carbons (Fsp3) is 0.423. The average molecular weight is 434 g/mol. The van der Waals surface area contributed by atoms with E-state index in [1.807, 2.05) is 58.9 Å². The van der Waals surface area contributed by atoms with Gasteiger partial charge in [-0.25, -0.2) is 4.98 Å². The molecule has 2 aromatic carbocycles. The van der Waals surface area contributed by atoms with Gasteiger partial charge in [0.1, 0.15) is 0 Å². The van der Waals surface area contributed by atoms with E-state index in [0.29, 0.717) is 45.5 Å². The number of piperidine rings is 1. The molecule has 1 aliphatic heterocycles. The number of aryl methyl sites for hydroxylation is 2. The summed E-state index contributed by atoms with van der Waals surface area (Å²) in [6, 6.07) is 18.2. The van der Waals surface area contributed by atoms with Crippen molar-refractivity contribution in [2.24, 2.45) is 5.41 Å². The van der Waals surface area contributed by atoms with Crippen molar-refractivity contribution in [2.75, 3.05) is 19.7 Å². The molecule has 0 bridgehead atoms. The Morgan fingerprint density at radius 2 is 1.75 bits per heavy atom. The number of hydrogen-bond acceptors (Lipinski definition) is 4. The van der Waals surface area contributed by atoms with Gasteiger partial charge in [0, 0.05) is 26.1 Å². The van der Waals surface area contributed by atoms with Crippen LogP contribution in [0.1, 0.15) is 38.2 Å². The first-order chi connectivity index (χ1) is 15.6. The second kappa shape index (κ2) is 9.98. The van der Waals surface area contributed by atoms with Crippen LogP contribution in [0.15, 0.2) is 60.9 Å². The number of nitrogens with zero attached hydrogens (tertiary/aromatic N) is 3. The smallest absolute Gasteiger partial charge is 0.312 e. The Kier molecular flexibility index (Phi) is 6.88. The summed E-state index contributed by atoms with van der Waals surface area (Å²) in [4.78, 5) is 32.1. The standard InChI is InChI=1S/C26H31N3O3/c1-2-32-25(31)26(14-12-21-8-4-3-5-9-21)15-18-28(19-16-26)24(30)13-17-29-20-27-22-10-6-7-11-23(22)29/h3-11,20H,2,12-19H2,1H3. The summed E-state index contributed by atoms with van der Waals surface area (Å²) in [7, 11) is 0. The first kappa shape index (κ1) is 22.1. The van der Waals surface area contributed by atoms with E-state index in [1.165, 1.54) is 5.56 Å². The number of ether oxygens (including phenoxy) is 1. The fourth-order valence-electron chi connectivity index (χ4n) is 4.62. The Morgan fingerprint density at radius 3 is 2.50 bits per heavy atom. The Morgan fingerprint density at radius 1 is 1.03 bits per heavy atom. The number of carbonyl (C=O) groups is 2.